The van der Waals surface area contributed by atoms with Gasteiger partial charge in [0.1, 0.15) is 18.0 Å². The molecule has 1 heterocycles. The first-order valence-corrected chi connectivity index (χ1v) is 4.12. The number of aromatic nitrogens is 2. The molecule has 0 fully saturated rings. The molecule has 1 rings (SSSR count). The van der Waals surface area contributed by atoms with E-state index in [0.717, 1.165) is 0 Å². The Kier molecular flexibility index (Phi) is 3.55. The largest absolute Gasteiger partial charge is 0.373 e. The monoisotopic (exact) mass is 202 g/mol. The summed E-state index contributed by atoms with van der Waals surface area (Å²) in [6, 6.07) is 1.61. The third-order valence-corrected chi connectivity index (χ3v) is 1.71. The number of hydrogen-bond donors (Lipinski definition) is 1. The molecule has 1 aromatic heterocycles. The molecule has 0 radical (unpaired) electrons. The molecule has 4 nitrogen and oxygen atoms in total. The summed E-state index contributed by atoms with van der Waals surface area (Å²) in [5.41, 5.74) is 0. The average Bonchev–Trinajstić information content (AvgIpc) is 2.17. The summed E-state index contributed by atoms with van der Waals surface area (Å²) in [7, 11) is 3.27. The maximum Gasteiger partial charge on any atom is 0.255 e. The molecule has 0 aliphatic heterocycles. The van der Waals surface area contributed by atoms with Crippen molar-refractivity contribution in [1.82, 2.24) is 9.97 Å². The van der Waals surface area contributed by atoms with E-state index in [0.29, 0.717) is 11.6 Å². The average molecular weight is 202 g/mol. The van der Waals surface area contributed by atoms with E-state index in [1.807, 2.05) is 0 Å². The van der Waals surface area contributed by atoms with Crippen LogP contribution in [0.4, 0.5) is 20.4 Å². The highest BCUT2D eigenvalue weighted by atomic mass is 19.3. The molecule has 0 unspecified atom stereocenters. The van der Waals surface area contributed by atoms with Crippen LogP contribution in [-0.4, -0.2) is 37.0 Å². The normalized spacial score (nSPS) is 10.4. The van der Waals surface area contributed by atoms with E-state index in [-0.39, 0.29) is 6.54 Å². The first-order chi connectivity index (χ1) is 6.63. The minimum absolute atomic E-state index is 0.333. The quantitative estimate of drug-likeness (QED) is 0.797. The van der Waals surface area contributed by atoms with Crippen LogP contribution in [0, 0.1) is 0 Å². The lowest BCUT2D eigenvalue weighted by atomic mass is 10.4. The highest BCUT2D eigenvalue weighted by Crippen LogP contribution is 2.12. The van der Waals surface area contributed by atoms with Gasteiger partial charge < -0.3 is 10.2 Å². The van der Waals surface area contributed by atoms with Gasteiger partial charge in [0.2, 0.25) is 0 Å². The molecule has 0 saturated heterocycles. The van der Waals surface area contributed by atoms with Gasteiger partial charge >= 0.3 is 0 Å². The second-order valence-electron chi connectivity index (χ2n) is 2.78. The molecule has 0 amide bonds. The van der Waals surface area contributed by atoms with Gasteiger partial charge in [-0.1, -0.05) is 0 Å². The van der Waals surface area contributed by atoms with E-state index in [2.05, 4.69) is 15.3 Å². The zero-order valence-corrected chi connectivity index (χ0v) is 8.04. The molecule has 78 valence electrons. The lowest BCUT2D eigenvalue weighted by Crippen LogP contribution is -2.25. The second kappa shape index (κ2) is 4.69. The van der Waals surface area contributed by atoms with Crippen LogP contribution in [-0.2, 0) is 0 Å². The molecule has 0 atom stereocenters. The van der Waals surface area contributed by atoms with Crippen LogP contribution in [0.1, 0.15) is 0 Å². The van der Waals surface area contributed by atoms with E-state index in [1.165, 1.54) is 11.2 Å². The van der Waals surface area contributed by atoms with Crippen LogP contribution in [0.15, 0.2) is 12.4 Å². The number of hydrogen-bond acceptors (Lipinski definition) is 4. The van der Waals surface area contributed by atoms with Crippen LogP contribution in [0.25, 0.3) is 0 Å². The number of rotatable bonds is 4. The van der Waals surface area contributed by atoms with Gasteiger partial charge in [0.05, 0.1) is 6.54 Å². The number of nitrogens with one attached hydrogen (secondary N) is 1. The maximum absolute atomic E-state index is 12.1. The predicted octanol–water partition coefficient (Wildman–Crippen LogP) is 1.22. The van der Waals surface area contributed by atoms with Crippen molar-refractivity contribution in [3.63, 3.8) is 0 Å². The van der Waals surface area contributed by atoms with Crippen LogP contribution >= 0.6 is 0 Å². The van der Waals surface area contributed by atoms with Gasteiger partial charge in [0.15, 0.2) is 0 Å². The second-order valence-corrected chi connectivity index (χ2v) is 2.78. The third-order valence-electron chi connectivity index (χ3n) is 1.71. The first-order valence-electron chi connectivity index (χ1n) is 4.12. The number of anilines is 2. The summed E-state index contributed by atoms with van der Waals surface area (Å²) >= 11 is 0. The van der Waals surface area contributed by atoms with E-state index >= 15 is 0 Å². The van der Waals surface area contributed by atoms with Gasteiger partial charge in [-0.3, -0.25) is 0 Å². The molecule has 14 heavy (non-hydrogen) atoms. The summed E-state index contributed by atoms with van der Waals surface area (Å²) in [6.07, 6.45) is -1.03. The molecule has 6 heteroatoms. The zero-order valence-electron chi connectivity index (χ0n) is 8.04. The Hall–Kier alpha value is -1.46. The summed E-state index contributed by atoms with van der Waals surface area (Å²) in [4.78, 5) is 9.15. The van der Waals surface area contributed by atoms with Crippen LogP contribution in [0.3, 0.4) is 0 Å². The molecule has 1 N–H and O–H groups in total. The minimum atomic E-state index is -2.37. The standard InChI is InChI=1S/C8H12F2N4/c1-11-7-3-8(13-5-12-7)14(2)4-6(9)10/h3,5-6H,4H2,1-2H3,(H,11,12,13). The van der Waals surface area contributed by atoms with E-state index in [9.17, 15) is 8.78 Å². The van der Waals surface area contributed by atoms with E-state index in [1.54, 1.807) is 20.2 Å². The maximum atomic E-state index is 12.1. The van der Waals surface area contributed by atoms with Gasteiger partial charge in [-0.2, -0.15) is 0 Å². The molecular weight excluding hydrogens is 190 g/mol. The third kappa shape index (κ3) is 2.79. The number of halogens is 2. The van der Waals surface area contributed by atoms with Crippen molar-refractivity contribution in [2.24, 2.45) is 0 Å². The number of alkyl halides is 2. The van der Waals surface area contributed by atoms with Crippen molar-refractivity contribution in [2.45, 2.75) is 6.43 Å². The minimum Gasteiger partial charge on any atom is -0.373 e. The smallest absolute Gasteiger partial charge is 0.255 e. The van der Waals surface area contributed by atoms with Gasteiger partial charge in [-0.15, -0.1) is 0 Å². The van der Waals surface area contributed by atoms with Gasteiger partial charge in [0.25, 0.3) is 6.43 Å². The molecule has 1 aromatic rings. The lowest BCUT2D eigenvalue weighted by molar-refractivity contribution is 0.156. The van der Waals surface area contributed by atoms with E-state index < -0.39 is 6.43 Å². The Morgan fingerprint density at radius 2 is 2.21 bits per heavy atom. The van der Waals surface area contributed by atoms with Crippen LogP contribution in [0.2, 0.25) is 0 Å². The number of nitrogens with zero attached hydrogens (tertiary/aromatic N) is 3. The fourth-order valence-corrected chi connectivity index (χ4v) is 0.993. The molecule has 0 spiro atoms. The van der Waals surface area contributed by atoms with Crippen molar-refractivity contribution in [2.75, 3.05) is 30.9 Å². The van der Waals surface area contributed by atoms with Gasteiger partial charge in [0, 0.05) is 20.2 Å². The SMILES string of the molecule is CNc1cc(N(C)CC(F)F)ncn1. The van der Waals surface area contributed by atoms with Crippen molar-refractivity contribution in [3.8, 4) is 0 Å². The molecule has 0 aliphatic rings. The summed E-state index contributed by atoms with van der Waals surface area (Å²) < 4.78 is 24.1. The van der Waals surface area contributed by atoms with Crippen LogP contribution in [0.5, 0.6) is 0 Å². The fraction of sp³-hybridized carbons (Fsp3) is 0.500. The van der Waals surface area contributed by atoms with Crippen molar-refractivity contribution in [3.05, 3.63) is 12.4 Å². The summed E-state index contributed by atoms with van der Waals surface area (Å²) in [6.45, 7) is -0.333. The fourth-order valence-electron chi connectivity index (χ4n) is 0.993. The molecule has 0 aromatic carbocycles. The topological polar surface area (TPSA) is 41.0 Å². The first kappa shape index (κ1) is 10.6. The highest BCUT2D eigenvalue weighted by Gasteiger charge is 2.09. The van der Waals surface area contributed by atoms with Crippen LogP contribution < -0.4 is 10.2 Å². The lowest BCUT2D eigenvalue weighted by Gasteiger charge is -2.17. The molecule has 0 saturated carbocycles. The van der Waals surface area contributed by atoms with Gasteiger partial charge in [-0.05, 0) is 0 Å². The van der Waals surface area contributed by atoms with Crippen molar-refractivity contribution in [1.29, 1.82) is 0 Å². The Labute approximate surface area is 81.0 Å². The molecular formula is C8H12F2N4. The Bertz CT molecular complexity index is 292. The Balaban J connectivity index is 2.73. The summed E-state index contributed by atoms with van der Waals surface area (Å²) in [5, 5.41) is 2.81. The predicted molar refractivity (Wildman–Crippen MR) is 50.9 cm³/mol. The van der Waals surface area contributed by atoms with Gasteiger partial charge in [-0.25, -0.2) is 18.7 Å². The van der Waals surface area contributed by atoms with Crippen molar-refractivity contribution >= 4 is 11.6 Å². The highest BCUT2D eigenvalue weighted by molar-refractivity contribution is 5.47. The Morgan fingerprint density at radius 1 is 1.50 bits per heavy atom. The van der Waals surface area contributed by atoms with Crippen molar-refractivity contribution < 1.29 is 8.78 Å². The molecule has 0 bridgehead atoms. The molecule has 0 aliphatic carbocycles. The Morgan fingerprint density at radius 3 is 2.79 bits per heavy atom. The van der Waals surface area contributed by atoms with E-state index in [4.69, 9.17) is 0 Å². The summed E-state index contributed by atoms with van der Waals surface area (Å²) in [5.74, 6) is 1.08. The zero-order chi connectivity index (χ0) is 10.6.